The van der Waals surface area contributed by atoms with E-state index in [1.165, 1.54) is 19.2 Å². The van der Waals surface area contributed by atoms with Crippen LogP contribution >= 0.6 is 22.9 Å². The first-order valence-electron chi connectivity index (χ1n) is 10.2. The van der Waals surface area contributed by atoms with E-state index in [-0.39, 0.29) is 21.6 Å². The van der Waals surface area contributed by atoms with Gasteiger partial charge < -0.3 is 20.7 Å². The number of carbonyl (C=O) groups is 3. The quantitative estimate of drug-likeness (QED) is 0.384. The number of anilines is 2. The van der Waals surface area contributed by atoms with Crippen molar-refractivity contribution >= 4 is 52.2 Å². The summed E-state index contributed by atoms with van der Waals surface area (Å²) >= 11 is 6.85. The van der Waals surface area contributed by atoms with Gasteiger partial charge in [-0.2, -0.15) is 0 Å². The summed E-state index contributed by atoms with van der Waals surface area (Å²) in [6.45, 7) is 3.61. The summed E-state index contributed by atoms with van der Waals surface area (Å²) in [4.78, 5) is 40.9. The molecular formula is C23H22ClFN4O4S. The Morgan fingerprint density at radius 3 is 2.41 bits per heavy atom. The molecule has 0 aliphatic rings. The molecule has 8 nitrogen and oxygen atoms in total. The highest BCUT2D eigenvalue weighted by Gasteiger charge is 2.26. The molecule has 0 aliphatic heterocycles. The summed E-state index contributed by atoms with van der Waals surface area (Å²) < 4.78 is 18.6. The molecule has 0 saturated carbocycles. The Hall–Kier alpha value is -3.50. The van der Waals surface area contributed by atoms with E-state index < -0.39 is 29.8 Å². The van der Waals surface area contributed by atoms with Gasteiger partial charge in [0.1, 0.15) is 11.9 Å². The number of hydrogen-bond acceptors (Lipinski definition) is 6. The molecule has 1 aromatic heterocycles. The normalized spacial score (nSPS) is 11.6. The van der Waals surface area contributed by atoms with E-state index in [0.29, 0.717) is 11.4 Å². The number of halogens is 2. The highest BCUT2D eigenvalue weighted by Crippen LogP contribution is 2.24. The highest BCUT2D eigenvalue weighted by molar-refractivity contribution is 7.12. The van der Waals surface area contributed by atoms with Crippen LogP contribution in [-0.2, 0) is 9.53 Å². The Morgan fingerprint density at radius 2 is 1.79 bits per heavy atom. The van der Waals surface area contributed by atoms with E-state index in [1.54, 1.807) is 43.5 Å². The van der Waals surface area contributed by atoms with Gasteiger partial charge in [0, 0.05) is 21.7 Å². The smallest absolute Gasteiger partial charge is 0.328 e. The van der Waals surface area contributed by atoms with Gasteiger partial charge in [-0.3, -0.25) is 4.79 Å². The van der Waals surface area contributed by atoms with E-state index in [9.17, 15) is 18.8 Å². The fourth-order valence-electron chi connectivity index (χ4n) is 2.94. The van der Waals surface area contributed by atoms with Crippen LogP contribution in [0.2, 0.25) is 5.02 Å². The molecule has 0 radical (unpaired) electrons. The molecule has 1 atom stereocenters. The summed E-state index contributed by atoms with van der Waals surface area (Å²) in [5, 5.41) is 9.82. The molecule has 11 heteroatoms. The average Bonchev–Trinajstić information content (AvgIpc) is 3.29. The molecule has 0 aliphatic carbocycles. The molecular weight excluding hydrogens is 483 g/mol. The van der Waals surface area contributed by atoms with E-state index >= 15 is 0 Å². The number of hydrogen-bond donors (Lipinski definition) is 3. The van der Waals surface area contributed by atoms with Gasteiger partial charge in [0.15, 0.2) is 5.01 Å². The van der Waals surface area contributed by atoms with Gasteiger partial charge in [-0.15, -0.1) is 11.3 Å². The third-order valence-electron chi connectivity index (χ3n) is 4.72. The Labute approximate surface area is 204 Å². The van der Waals surface area contributed by atoms with Crippen LogP contribution in [0.3, 0.4) is 0 Å². The molecule has 2 aromatic carbocycles. The van der Waals surface area contributed by atoms with Crippen molar-refractivity contribution in [3.05, 3.63) is 63.7 Å². The zero-order chi connectivity index (χ0) is 24.8. The molecule has 0 fully saturated rings. The van der Waals surface area contributed by atoms with Crippen molar-refractivity contribution in [3.63, 3.8) is 0 Å². The van der Waals surface area contributed by atoms with Crippen LogP contribution in [0.4, 0.5) is 20.6 Å². The number of ether oxygens (including phenoxy) is 1. The van der Waals surface area contributed by atoms with Gasteiger partial charge in [-0.05, 0) is 36.2 Å². The van der Waals surface area contributed by atoms with Crippen molar-refractivity contribution in [1.82, 2.24) is 10.3 Å². The summed E-state index contributed by atoms with van der Waals surface area (Å²) in [7, 11) is 1.27. The Balaban J connectivity index is 1.63. The maximum atomic E-state index is 13.8. The van der Waals surface area contributed by atoms with Crippen molar-refractivity contribution in [2.75, 3.05) is 17.7 Å². The van der Waals surface area contributed by atoms with E-state index in [0.717, 1.165) is 23.0 Å². The average molecular weight is 505 g/mol. The number of rotatable bonds is 7. The Bertz CT molecular complexity index is 1200. The fraction of sp³-hybridized carbons (Fsp3) is 0.217. The van der Waals surface area contributed by atoms with E-state index in [1.807, 2.05) is 0 Å². The standard InChI is InChI=1S/C23H22ClFN4O4S/c1-12(2)19(22(31)33-3)29-20(30)21-27-18(11-34-21)13-4-7-15(8-5-13)26-23(32)28-17-9-6-14(24)10-16(17)25/h4-12,19H,1-3H3,(H,29,30)(H2,26,28,32). The summed E-state index contributed by atoms with van der Waals surface area (Å²) in [5.41, 5.74) is 1.76. The molecule has 3 N–H and O–H groups in total. The van der Waals surface area contributed by atoms with Crippen LogP contribution in [0.15, 0.2) is 47.8 Å². The molecule has 3 rings (SSSR count). The van der Waals surface area contributed by atoms with Gasteiger partial charge in [0.25, 0.3) is 5.91 Å². The predicted molar refractivity (Wildman–Crippen MR) is 130 cm³/mol. The maximum Gasteiger partial charge on any atom is 0.328 e. The second kappa shape index (κ2) is 11.1. The molecule has 3 amide bonds. The molecule has 0 bridgehead atoms. The third-order valence-corrected chi connectivity index (χ3v) is 5.80. The number of urea groups is 1. The number of amides is 3. The SMILES string of the molecule is COC(=O)C(NC(=O)c1nc(-c2ccc(NC(=O)Nc3ccc(Cl)cc3F)cc2)cs1)C(C)C. The first kappa shape index (κ1) is 25.1. The van der Waals surface area contributed by atoms with Crippen molar-refractivity contribution in [2.24, 2.45) is 5.92 Å². The second-order valence-electron chi connectivity index (χ2n) is 7.54. The van der Waals surface area contributed by atoms with Crippen LogP contribution in [0.25, 0.3) is 11.3 Å². The minimum Gasteiger partial charge on any atom is -0.467 e. The number of aromatic nitrogens is 1. The lowest BCUT2D eigenvalue weighted by Crippen LogP contribution is -2.45. The van der Waals surface area contributed by atoms with Gasteiger partial charge >= 0.3 is 12.0 Å². The first-order chi connectivity index (χ1) is 16.2. The van der Waals surface area contributed by atoms with E-state index in [2.05, 4.69) is 20.9 Å². The monoisotopic (exact) mass is 504 g/mol. The highest BCUT2D eigenvalue weighted by atomic mass is 35.5. The van der Waals surface area contributed by atoms with Crippen LogP contribution in [0, 0.1) is 11.7 Å². The number of benzene rings is 2. The fourth-order valence-corrected chi connectivity index (χ4v) is 3.83. The lowest BCUT2D eigenvalue weighted by molar-refractivity contribution is -0.144. The minimum atomic E-state index is -0.775. The molecule has 1 unspecified atom stereocenters. The zero-order valence-electron chi connectivity index (χ0n) is 18.5. The molecule has 3 aromatic rings. The van der Waals surface area contributed by atoms with E-state index in [4.69, 9.17) is 16.3 Å². The largest absolute Gasteiger partial charge is 0.467 e. The Kier molecular flexibility index (Phi) is 8.19. The third kappa shape index (κ3) is 6.30. The number of nitrogens with one attached hydrogen (secondary N) is 3. The van der Waals surface area contributed by atoms with Gasteiger partial charge in [-0.25, -0.2) is 19.0 Å². The van der Waals surface area contributed by atoms with Crippen molar-refractivity contribution < 1.29 is 23.5 Å². The molecule has 34 heavy (non-hydrogen) atoms. The summed E-state index contributed by atoms with van der Waals surface area (Å²) in [6.07, 6.45) is 0. The molecule has 178 valence electrons. The molecule has 1 heterocycles. The maximum absolute atomic E-state index is 13.8. The summed E-state index contributed by atoms with van der Waals surface area (Å²) in [5.74, 6) is -1.78. The topological polar surface area (TPSA) is 109 Å². The van der Waals surface area contributed by atoms with Gasteiger partial charge in [0.05, 0.1) is 18.5 Å². The van der Waals surface area contributed by atoms with Crippen LogP contribution in [-0.4, -0.2) is 36.0 Å². The predicted octanol–water partition coefficient (Wildman–Crippen LogP) is 5.17. The number of carbonyl (C=O) groups excluding carboxylic acids is 3. The van der Waals surface area contributed by atoms with Crippen molar-refractivity contribution in [2.45, 2.75) is 19.9 Å². The molecule has 0 saturated heterocycles. The number of thiazole rings is 1. The van der Waals surface area contributed by atoms with Crippen LogP contribution < -0.4 is 16.0 Å². The Morgan fingerprint density at radius 1 is 1.09 bits per heavy atom. The summed E-state index contributed by atoms with van der Waals surface area (Å²) in [6, 6.07) is 9.29. The van der Waals surface area contributed by atoms with Crippen molar-refractivity contribution in [1.29, 1.82) is 0 Å². The van der Waals surface area contributed by atoms with Crippen LogP contribution in [0.5, 0.6) is 0 Å². The van der Waals surface area contributed by atoms with Gasteiger partial charge in [0.2, 0.25) is 0 Å². The first-order valence-corrected chi connectivity index (χ1v) is 11.4. The zero-order valence-corrected chi connectivity index (χ0v) is 20.1. The van der Waals surface area contributed by atoms with Crippen LogP contribution in [0.1, 0.15) is 23.6 Å². The number of esters is 1. The number of methoxy groups -OCH3 is 1. The lowest BCUT2D eigenvalue weighted by Gasteiger charge is -2.18. The van der Waals surface area contributed by atoms with Gasteiger partial charge in [-0.1, -0.05) is 37.6 Å². The minimum absolute atomic E-state index is 0.00120. The second-order valence-corrected chi connectivity index (χ2v) is 8.83. The number of nitrogens with zero attached hydrogens (tertiary/aromatic N) is 1. The lowest BCUT2D eigenvalue weighted by atomic mass is 10.0. The molecule has 0 spiro atoms. The van der Waals surface area contributed by atoms with Crippen molar-refractivity contribution in [3.8, 4) is 11.3 Å².